The third-order valence-corrected chi connectivity index (χ3v) is 3.28. The minimum absolute atomic E-state index is 0.0697. The van der Waals surface area contributed by atoms with Crippen LogP contribution in [0.2, 0.25) is 0 Å². The molecule has 0 aliphatic carbocycles. The summed E-state index contributed by atoms with van der Waals surface area (Å²) in [7, 11) is 0. The fourth-order valence-corrected chi connectivity index (χ4v) is 2.14. The molecule has 2 aromatic heterocycles. The minimum Gasteiger partial charge on any atom is -0.395 e. The van der Waals surface area contributed by atoms with Gasteiger partial charge in [0.2, 0.25) is 0 Å². The van der Waals surface area contributed by atoms with Crippen molar-refractivity contribution in [3.05, 3.63) is 30.1 Å². The van der Waals surface area contributed by atoms with Crippen molar-refractivity contribution in [2.75, 3.05) is 13.2 Å². The number of nitrogens with two attached hydrogens (primary N) is 1. The van der Waals surface area contributed by atoms with Crippen molar-refractivity contribution in [1.82, 2.24) is 15.3 Å². The number of H-pyrrole nitrogens is 1. The zero-order chi connectivity index (χ0) is 13.5. The molecule has 2 heterocycles. The van der Waals surface area contributed by atoms with E-state index in [4.69, 9.17) is 10.8 Å². The predicted octanol–water partition coefficient (Wildman–Crippen LogP) is 1.14. The first kappa shape index (κ1) is 14.0. The summed E-state index contributed by atoms with van der Waals surface area (Å²) in [6, 6.07) is 4.03. The number of unbranched alkanes of at least 4 members (excludes halogenated alkanes) is 1. The Kier molecular flexibility index (Phi) is 5.32. The Labute approximate surface area is 113 Å². The fraction of sp³-hybridized carbons (Fsp3) is 0.500. The molecule has 5 heteroatoms. The molecule has 0 aliphatic rings. The molecule has 0 amide bonds. The lowest BCUT2D eigenvalue weighted by Crippen LogP contribution is -2.24. The maximum Gasteiger partial charge on any atom is 0.137 e. The van der Waals surface area contributed by atoms with Gasteiger partial charge in [-0.2, -0.15) is 0 Å². The monoisotopic (exact) mass is 262 g/mol. The van der Waals surface area contributed by atoms with Crippen LogP contribution in [0.4, 0.5) is 0 Å². The van der Waals surface area contributed by atoms with E-state index in [2.05, 4.69) is 21.4 Å². The molecule has 0 spiro atoms. The van der Waals surface area contributed by atoms with Crippen LogP contribution in [0.3, 0.4) is 0 Å². The maximum atomic E-state index is 8.82. The number of hydrogen-bond acceptors (Lipinski definition) is 4. The molecule has 104 valence electrons. The van der Waals surface area contributed by atoms with Crippen molar-refractivity contribution in [2.45, 2.75) is 31.8 Å². The van der Waals surface area contributed by atoms with Gasteiger partial charge in [-0.05, 0) is 37.1 Å². The summed E-state index contributed by atoms with van der Waals surface area (Å²) in [6.45, 7) is 1.89. The average molecular weight is 262 g/mol. The average Bonchev–Trinajstić information content (AvgIpc) is 2.91. The normalized spacial score (nSPS) is 12.9. The Bertz CT molecular complexity index is 497. The van der Waals surface area contributed by atoms with Crippen LogP contribution in [0.15, 0.2) is 24.5 Å². The van der Waals surface area contributed by atoms with Gasteiger partial charge in [0.25, 0.3) is 0 Å². The van der Waals surface area contributed by atoms with Crippen LogP contribution < -0.4 is 11.1 Å². The highest BCUT2D eigenvalue weighted by atomic mass is 16.3. The Morgan fingerprint density at radius 1 is 1.37 bits per heavy atom. The number of aliphatic hydroxyl groups excluding tert-OH is 1. The van der Waals surface area contributed by atoms with Crippen molar-refractivity contribution >= 4 is 11.0 Å². The quantitative estimate of drug-likeness (QED) is 0.537. The maximum absolute atomic E-state index is 8.82. The molecule has 5 N–H and O–H groups in total. The molecule has 2 rings (SSSR count). The smallest absolute Gasteiger partial charge is 0.137 e. The summed E-state index contributed by atoms with van der Waals surface area (Å²) in [4.78, 5) is 7.38. The highest BCUT2D eigenvalue weighted by Gasteiger charge is 2.02. The lowest BCUT2D eigenvalue weighted by atomic mass is 10.1. The number of hydrogen-bond donors (Lipinski definition) is 4. The number of fused-ring (bicyclic) bond motifs is 1. The fourth-order valence-electron chi connectivity index (χ4n) is 2.14. The Hall–Kier alpha value is -1.43. The van der Waals surface area contributed by atoms with E-state index in [0.29, 0.717) is 0 Å². The number of nitrogens with one attached hydrogen (secondary N) is 2. The second kappa shape index (κ2) is 7.23. The van der Waals surface area contributed by atoms with Gasteiger partial charge in [-0.1, -0.05) is 6.42 Å². The van der Waals surface area contributed by atoms with Crippen LogP contribution >= 0.6 is 0 Å². The number of aliphatic hydroxyl groups is 1. The van der Waals surface area contributed by atoms with E-state index < -0.39 is 0 Å². The van der Waals surface area contributed by atoms with Gasteiger partial charge in [-0.3, -0.25) is 0 Å². The molecule has 0 saturated heterocycles. The van der Waals surface area contributed by atoms with Crippen molar-refractivity contribution in [3.63, 3.8) is 0 Å². The second-order valence-electron chi connectivity index (χ2n) is 4.83. The molecule has 5 nitrogen and oxygen atoms in total. The molecule has 1 atom stereocenters. The topological polar surface area (TPSA) is 87.0 Å². The third kappa shape index (κ3) is 4.02. The van der Waals surface area contributed by atoms with Gasteiger partial charge in [-0.15, -0.1) is 0 Å². The van der Waals surface area contributed by atoms with Gasteiger partial charge >= 0.3 is 0 Å². The number of aromatic nitrogens is 2. The first-order valence-electron chi connectivity index (χ1n) is 6.79. The van der Waals surface area contributed by atoms with Crippen LogP contribution in [-0.4, -0.2) is 34.3 Å². The summed E-state index contributed by atoms with van der Waals surface area (Å²) in [5.74, 6) is 0. The van der Waals surface area contributed by atoms with Gasteiger partial charge in [-0.25, -0.2) is 4.98 Å². The van der Waals surface area contributed by atoms with Gasteiger partial charge in [0.1, 0.15) is 5.65 Å². The molecule has 1 unspecified atom stereocenters. The summed E-state index contributed by atoms with van der Waals surface area (Å²) in [5.41, 5.74) is 7.85. The Balaban J connectivity index is 1.70. The Morgan fingerprint density at radius 3 is 3.11 bits per heavy atom. The first-order valence-corrected chi connectivity index (χ1v) is 6.79. The van der Waals surface area contributed by atoms with E-state index in [9.17, 15) is 0 Å². The lowest BCUT2D eigenvalue weighted by molar-refractivity contribution is 0.257. The standard InChI is InChI=1S/C14H22N4O/c15-12(10-19)3-1-2-6-16-9-11-4-7-17-14-13(11)5-8-18-14/h4-5,7-8,12,16,19H,1-3,6,9-10,15H2,(H,17,18). The summed E-state index contributed by atoms with van der Waals surface area (Å²) >= 11 is 0. The summed E-state index contributed by atoms with van der Waals surface area (Å²) in [5, 5.41) is 13.4. The molecule has 0 aliphatic heterocycles. The van der Waals surface area contributed by atoms with Crippen LogP contribution in [0.1, 0.15) is 24.8 Å². The molecule has 0 fully saturated rings. The lowest BCUT2D eigenvalue weighted by Gasteiger charge is -2.08. The summed E-state index contributed by atoms with van der Waals surface area (Å²) in [6.07, 6.45) is 6.75. The van der Waals surface area contributed by atoms with Crippen molar-refractivity contribution in [2.24, 2.45) is 5.73 Å². The van der Waals surface area contributed by atoms with Crippen LogP contribution in [0.25, 0.3) is 11.0 Å². The van der Waals surface area contributed by atoms with Gasteiger partial charge in [0, 0.05) is 30.4 Å². The highest BCUT2D eigenvalue weighted by Crippen LogP contribution is 2.14. The molecule has 19 heavy (non-hydrogen) atoms. The van der Waals surface area contributed by atoms with E-state index in [1.807, 2.05) is 18.5 Å². The van der Waals surface area contributed by atoms with Gasteiger partial charge in [0.15, 0.2) is 0 Å². The number of pyridine rings is 1. The van der Waals surface area contributed by atoms with E-state index in [-0.39, 0.29) is 12.6 Å². The molecule has 0 radical (unpaired) electrons. The SMILES string of the molecule is NC(CO)CCCCNCc1ccnc2[nH]ccc12. The van der Waals surface area contributed by atoms with Crippen molar-refractivity contribution in [1.29, 1.82) is 0 Å². The number of rotatable bonds is 8. The second-order valence-corrected chi connectivity index (χ2v) is 4.83. The zero-order valence-corrected chi connectivity index (χ0v) is 11.1. The van der Waals surface area contributed by atoms with Crippen LogP contribution in [0, 0.1) is 0 Å². The number of nitrogens with zero attached hydrogens (tertiary/aromatic N) is 1. The largest absolute Gasteiger partial charge is 0.395 e. The molecule has 2 aromatic rings. The van der Waals surface area contributed by atoms with Crippen molar-refractivity contribution < 1.29 is 5.11 Å². The zero-order valence-electron chi connectivity index (χ0n) is 11.1. The minimum atomic E-state index is -0.0697. The van der Waals surface area contributed by atoms with Crippen molar-refractivity contribution in [3.8, 4) is 0 Å². The van der Waals surface area contributed by atoms with Gasteiger partial charge < -0.3 is 21.1 Å². The Morgan fingerprint density at radius 2 is 2.26 bits per heavy atom. The molecular formula is C14H22N4O. The van der Waals surface area contributed by atoms with Crippen LogP contribution in [0.5, 0.6) is 0 Å². The van der Waals surface area contributed by atoms with E-state index >= 15 is 0 Å². The molecule has 0 aromatic carbocycles. The van der Waals surface area contributed by atoms with E-state index in [1.54, 1.807) is 0 Å². The highest BCUT2D eigenvalue weighted by molar-refractivity contribution is 5.79. The third-order valence-electron chi connectivity index (χ3n) is 3.28. The van der Waals surface area contributed by atoms with Crippen LogP contribution in [-0.2, 0) is 6.54 Å². The van der Waals surface area contributed by atoms with E-state index in [1.165, 1.54) is 10.9 Å². The number of aromatic amines is 1. The van der Waals surface area contributed by atoms with E-state index in [0.717, 1.165) is 38.0 Å². The molecule has 0 saturated carbocycles. The summed E-state index contributed by atoms with van der Waals surface area (Å²) < 4.78 is 0. The molecule has 0 bridgehead atoms. The molecular weight excluding hydrogens is 240 g/mol. The van der Waals surface area contributed by atoms with Gasteiger partial charge in [0.05, 0.1) is 6.61 Å². The predicted molar refractivity (Wildman–Crippen MR) is 76.7 cm³/mol. The first-order chi connectivity index (χ1) is 9.31.